The van der Waals surface area contributed by atoms with Crippen molar-refractivity contribution in [2.24, 2.45) is 11.8 Å². The van der Waals surface area contributed by atoms with Crippen molar-refractivity contribution in [1.29, 1.82) is 0 Å². The fraction of sp³-hybridized carbons (Fsp3) is 0.667. The van der Waals surface area contributed by atoms with Gasteiger partial charge in [-0.2, -0.15) is 0 Å². The van der Waals surface area contributed by atoms with Crippen molar-refractivity contribution in [3.8, 4) is 5.75 Å². The van der Waals surface area contributed by atoms with Gasteiger partial charge in [0.25, 0.3) is 0 Å². The van der Waals surface area contributed by atoms with E-state index in [1.165, 1.54) is 63.4 Å². The molecule has 0 bridgehead atoms. The van der Waals surface area contributed by atoms with Gasteiger partial charge in [-0.05, 0) is 48.3 Å². The molecule has 0 heterocycles. The molecule has 1 N–H and O–H groups in total. The van der Waals surface area contributed by atoms with E-state index in [1.807, 2.05) is 12.1 Å². The van der Waals surface area contributed by atoms with Crippen LogP contribution in [-0.2, 0) is 0 Å². The summed E-state index contributed by atoms with van der Waals surface area (Å²) in [7, 11) is 0. The van der Waals surface area contributed by atoms with Gasteiger partial charge in [-0.15, -0.1) is 0 Å². The highest BCUT2D eigenvalue weighted by Gasteiger charge is 2.33. The summed E-state index contributed by atoms with van der Waals surface area (Å²) < 4.78 is 0. The molecule has 1 aromatic rings. The average Bonchev–Trinajstić information content (AvgIpc) is 2.49. The quantitative estimate of drug-likeness (QED) is 0.768. The van der Waals surface area contributed by atoms with E-state index in [1.54, 1.807) is 0 Å². The normalized spacial score (nSPS) is 29.3. The molecule has 3 rings (SSSR count). The summed E-state index contributed by atoms with van der Waals surface area (Å²) in [4.78, 5) is 0. The number of phenols is 1. The molecule has 104 valence electrons. The van der Waals surface area contributed by atoms with E-state index in [-0.39, 0.29) is 0 Å². The Labute approximate surface area is 117 Å². The second-order valence-electron chi connectivity index (χ2n) is 6.54. The molecule has 0 radical (unpaired) electrons. The fourth-order valence-corrected chi connectivity index (χ4v) is 4.42. The number of hydrogen-bond acceptors (Lipinski definition) is 1. The lowest BCUT2D eigenvalue weighted by Crippen LogP contribution is -2.27. The topological polar surface area (TPSA) is 20.2 Å². The molecule has 1 heteroatoms. The number of benzene rings is 1. The second kappa shape index (κ2) is 5.98. The van der Waals surface area contributed by atoms with Crippen LogP contribution in [0.15, 0.2) is 24.3 Å². The Morgan fingerprint density at radius 3 is 2.11 bits per heavy atom. The Morgan fingerprint density at radius 2 is 1.37 bits per heavy atom. The summed E-state index contributed by atoms with van der Waals surface area (Å²) >= 11 is 0. The van der Waals surface area contributed by atoms with Gasteiger partial charge in [0.1, 0.15) is 5.75 Å². The van der Waals surface area contributed by atoms with E-state index in [0.717, 1.165) is 17.8 Å². The third-order valence-corrected chi connectivity index (χ3v) is 5.40. The van der Waals surface area contributed by atoms with Gasteiger partial charge in [0.15, 0.2) is 0 Å². The van der Waals surface area contributed by atoms with Crippen LogP contribution in [0, 0.1) is 11.8 Å². The maximum atomic E-state index is 9.47. The molecular weight excluding hydrogens is 232 g/mol. The summed E-state index contributed by atoms with van der Waals surface area (Å²) in [5.41, 5.74) is 1.47. The van der Waals surface area contributed by atoms with Crippen molar-refractivity contribution in [2.75, 3.05) is 0 Å². The first-order valence-corrected chi connectivity index (χ1v) is 8.13. The smallest absolute Gasteiger partial charge is 0.115 e. The van der Waals surface area contributed by atoms with Crippen LogP contribution >= 0.6 is 0 Å². The molecule has 2 aliphatic rings. The minimum atomic E-state index is 0.397. The Balaban J connectivity index is 1.78. The van der Waals surface area contributed by atoms with Gasteiger partial charge in [-0.3, -0.25) is 0 Å². The molecule has 0 spiro atoms. The van der Waals surface area contributed by atoms with Gasteiger partial charge >= 0.3 is 0 Å². The van der Waals surface area contributed by atoms with E-state index in [0.29, 0.717) is 5.75 Å². The van der Waals surface area contributed by atoms with Gasteiger partial charge in [-0.1, -0.05) is 57.1 Å². The zero-order valence-corrected chi connectivity index (χ0v) is 11.9. The third-order valence-electron chi connectivity index (χ3n) is 5.40. The largest absolute Gasteiger partial charge is 0.508 e. The number of hydrogen-bond donors (Lipinski definition) is 1. The maximum absolute atomic E-state index is 9.47. The van der Waals surface area contributed by atoms with Crippen LogP contribution in [0.25, 0.3) is 0 Å². The number of aromatic hydroxyl groups is 1. The Hall–Kier alpha value is -0.980. The van der Waals surface area contributed by atoms with E-state index < -0.39 is 0 Å². The minimum Gasteiger partial charge on any atom is -0.508 e. The van der Waals surface area contributed by atoms with Gasteiger partial charge in [0.2, 0.25) is 0 Å². The zero-order valence-electron chi connectivity index (χ0n) is 11.9. The Morgan fingerprint density at radius 1 is 0.737 bits per heavy atom. The Kier molecular flexibility index (Phi) is 4.10. The maximum Gasteiger partial charge on any atom is 0.115 e. The summed E-state index contributed by atoms with van der Waals surface area (Å²) in [5, 5.41) is 9.47. The van der Waals surface area contributed by atoms with Crippen molar-refractivity contribution in [1.82, 2.24) is 0 Å². The van der Waals surface area contributed by atoms with Crippen molar-refractivity contribution in [3.63, 3.8) is 0 Å². The highest BCUT2D eigenvalue weighted by Crippen LogP contribution is 2.46. The average molecular weight is 258 g/mol. The highest BCUT2D eigenvalue weighted by atomic mass is 16.3. The van der Waals surface area contributed by atoms with Gasteiger partial charge in [-0.25, -0.2) is 0 Å². The highest BCUT2D eigenvalue weighted by molar-refractivity contribution is 5.29. The summed E-state index contributed by atoms with van der Waals surface area (Å²) in [6, 6.07) is 8.03. The van der Waals surface area contributed by atoms with Crippen molar-refractivity contribution < 1.29 is 5.11 Å². The van der Waals surface area contributed by atoms with Crippen LogP contribution in [0.4, 0.5) is 0 Å². The van der Waals surface area contributed by atoms with Crippen molar-refractivity contribution in [3.05, 3.63) is 29.8 Å². The minimum absolute atomic E-state index is 0.397. The molecule has 1 nitrogen and oxygen atoms in total. The standard InChI is InChI=1S/C18H26O/c19-16-12-10-15(11-13-16)18-9-5-4-8-17(18)14-6-2-1-3-7-14/h10-14,17-19H,1-9H2. The molecule has 2 atom stereocenters. The van der Waals surface area contributed by atoms with Crippen LogP contribution in [0.5, 0.6) is 5.75 Å². The van der Waals surface area contributed by atoms with Gasteiger partial charge in [0.05, 0.1) is 0 Å². The van der Waals surface area contributed by atoms with Crippen LogP contribution < -0.4 is 0 Å². The number of rotatable bonds is 2. The molecule has 0 aromatic heterocycles. The predicted molar refractivity (Wildman–Crippen MR) is 79.4 cm³/mol. The van der Waals surface area contributed by atoms with E-state index >= 15 is 0 Å². The molecule has 0 amide bonds. The van der Waals surface area contributed by atoms with E-state index in [2.05, 4.69) is 12.1 Å². The molecule has 1 aromatic carbocycles. The van der Waals surface area contributed by atoms with Crippen LogP contribution in [-0.4, -0.2) is 5.11 Å². The van der Waals surface area contributed by atoms with Crippen LogP contribution in [0.1, 0.15) is 69.3 Å². The first-order chi connectivity index (χ1) is 9.34. The summed E-state index contributed by atoms with van der Waals surface area (Å²) in [5.74, 6) is 3.01. The van der Waals surface area contributed by atoms with E-state index in [9.17, 15) is 5.11 Å². The number of phenolic OH excluding ortho intramolecular Hbond substituents is 1. The van der Waals surface area contributed by atoms with Crippen molar-refractivity contribution in [2.45, 2.75) is 63.7 Å². The Bertz CT molecular complexity index is 389. The second-order valence-corrected chi connectivity index (χ2v) is 6.54. The molecule has 2 aliphatic carbocycles. The lowest BCUT2D eigenvalue weighted by atomic mass is 9.66. The zero-order chi connectivity index (χ0) is 13.1. The SMILES string of the molecule is Oc1ccc(C2CCCCC2C2CCCCC2)cc1. The van der Waals surface area contributed by atoms with Crippen LogP contribution in [0.3, 0.4) is 0 Å². The lowest BCUT2D eigenvalue weighted by Gasteiger charge is -2.39. The molecule has 19 heavy (non-hydrogen) atoms. The molecule has 0 saturated heterocycles. The van der Waals surface area contributed by atoms with E-state index in [4.69, 9.17) is 0 Å². The first-order valence-electron chi connectivity index (χ1n) is 8.13. The first kappa shape index (κ1) is 13.0. The molecule has 2 fully saturated rings. The fourth-order valence-electron chi connectivity index (χ4n) is 4.42. The molecule has 2 unspecified atom stereocenters. The summed E-state index contributed by atoms with van der Waals surface area (Å²) in [6.07, 6.45) is 12.9. The third kappa shape index (κ3) is 2.96. The monoisotopic (exact) mass is 258 g/mol. The molecular formula is C18H26O. The van der Waals surface area contributed by atoms with Crippen molar-refractivity contribution >= 4 is 0 Å². The van der Waals surface area contributed by atoms with Gasteiger partial charge < -0.3 is 5.11 Å². The molecule has 2 saturated carbocycles. The lowest BCUT2D eigenvalue weighted by molar-refractivity contribution is 0.169. The van der Waals surface area contributed by atoms with Crippen LogP contribution in [0.2, 0.25) is 0 Å². The predicted octanol–water partition coefficient (Wildman–Crippen LogP) is 5.25. The summed E-state index contributed by atoms with van der Waals surface area (Å²) in [6.45, 7) is 0. The molecule has 0 aliphatic heterocycles. The van der Waals surface area contributed by atoms with Gasteiger partial charge in [0, 0.05) is 0 Å².